The zero-order valence-electron chi connectivity index (χ0n) is 73.4. The third-order valence-corrected chi connectivity index (χ3v) is 24.6. The first-order chi connectivity index (χ1) is 61.2. The number of hydrogen-bond donors (Lipinski definition) is 7. The number of allylic oxidation sites excluding steroid dienone is 1. The number of pyridine rings is 4. The molecular weight excluding hydrogens is 1670 g/mol. The lowest BCUT2D eigenvalue weighted by Crippen LogP contribution is -2.59. The maximum absolute atomic E-state index is 14.9. The van der Waals surface area contributed by atoms with Crippen LogP contribution < -0.4 is 41.7 Å². The van der Waals surface area contributed by atoms with E-state index in [1.54, 1.807) is 52.7 Å². The molecule has 20 rings (SSSR count). The summed E-state index contributed by atoms with van der Waals surface area (Å²) in [5, 5.41) is 30.9. The number of carbonyl (C=O) groups excluding carboxylic acids is 7. The second kappa shape index (κ2) is 34.4. The Balaban J connectivity index is 0.000000127. The highest BCUT2D eigenvalue weighted by atomic mass is 19.4. The third kappa shape index (κ3) is 18.2. The maximum Gasteiger partial charge on any atom is 0.416 e. The van der Waals surface area contributed by atoms with E-state index in [9.17, 15) is 60.6 Å². The van der Waals surface area contributed by atoms with E-state index < -0.39 is 29.4 Å². The number of aliphatic hydroxyl groups is 1. The molecule has 9 aliphatic rings. The first-order valence-corrected chi connectivity index (χ1v) is 42.9. The molecule has 27 nitrogen and oxygen atoms in total. The Morgan fingerprint density at radius 3 is 1.59 bits per heavy atom. The van der Waals surface area contributed by atoms with Crippen LogP contribution in [0.1, 0.15) is 187 Å². The van der Waals surface area contributed by atoms with Crippen molar-refractivity contribution >= 4 is 76.1 Å². The van der Waals surface area contributed by atoms with Crippen LogP contribution in [0, 0.1) is 29.4 Å². The number of carbonyl (C=O) groups is 7. The topological polar surface area (TPSA) is 331 Å². The first kappa shape index (κ1) is 89.8. The van der Waals surface area contributed by atoms with Crippen LogP contribution in [0.5, 0.6) is 0 Å². The van der Waals surface area contributed by atoms with Gasteiger partial charge in [-0.3, -0.25) is 28.8 Å². The first-order valence-electron chi connectivity index (χ1n) is 42.9. The molecule has 14 heterocycles. The van der Waals surface area contributed by atoms with Gasteiger partial charge in [0.2, 0.25) is 17.7 Å². The SMILES string of the molecule is C.C=C1Cc2c(-c3ccc(CNC(=O)c4nc(C(C)(C)C)no4)c(C)c3)ccnc2N1.CC(C)(C)OC1CN(C(=O)NCc2ccc(-c3ccnc4c3CC(=O)N4)cc2C(F)(F)F)C1.CC1(C)Cc2cc3n(c2C1)CCN(c1cc(F)cc(-c2ccnc4c2CC(=O)N4)c1)C3=O.CC1(C)Cc2cc3n(c2C1)CCN(c1cc(F)cc(-c2ccnc4c2CC(=O)N4)c1CO)C3=O. The average molecular weight is 1770 g/mol. The fourth-order valence-electron chi connectivity index (χ4n) is 18.6. The number of benzene rings is 4. The molecule has 0 radical (unpaired) electrons. The van der Waals surface area contributed by atoms with Crippen molar-refractivity contribution in [2.75, 3.05) is 57.2 Å². The van der Waals surface area contributed by atoms with Crippen molar-refractivity contribution < 1.29 is 69.9 Å². The van der Waals surface area contributed by atoms with E-state index >= 15 is 0 Å². The summed E-state index contributed by atoms with van der Waals surface area (Å²) in [4.78, 5) is 113. The monoisotopic (exact) mass is 1770 g/mol. The predicted octanol–water partition coefficient (Wildman–Crippen LogP) is 16.2. The number of fused-ring (bicyclic) bond motifs is 10. The Hall–Kier alpha value is -13.6. The van der Waals surface area contributed by atoms with E-state index in [4.69, 9.17) is 9.26 Å². The fraction of sp³-hybridized carbons (Fsp3) is 0.357. The number of rotatable bonds is 13. The van der Waals surface area contributed by atoms with Gasteiger partial charge in [-0.05, 0) is 209 Å². The van der Waals surface area contributed by atoms with Gasteiger partial charge in [0, 0.05) is 126 Å². The minimum absolute atomic E-state index is 0. The highest BCUT2D eigenvalue weighted by molar-refractivity contribution is 6.09. The predicted molar refractivity (Wildman–Crippen MR) is 482 cm³/mol. The number of hydrogen-bond acceptors (Lipinski definition) is 17. The second-order valence-electron chi connectivity index (χ2n) is 37.7. The number of halogens is 5. The zero-order chi connectivity index (χ0) is 91.4. The van der Waals surface area contributed by atoms with Crippen molar-refractivity contribution in [3.8, 4) is 44.5 Å². The van der Waals surface area contributed by atoms with Gasteiger partial charge in [-0.2, -0.15) is 18.2 Å². The van der Waals surface area contributed by atoms with Crippen LogP contribution in [-0.2, 0) is 115 Å². The van der Waals surface area contributed by atoms with Crippen LogP contribution >= 0.6 is 0 Å². The number of likely N-dealkylation sites (tertiary alicyclic amines) is 1. The van der Waals surface area contributed by atoms with Crippen LogP contribution in [0.2, 0.25) is 0 Å². The van der Waals surface area contributed by atoms with Gasteiger partial charge in [-0.25, -0.2) is 33.5 Å². The summed E-state index contributed by atoms with van der Waals surface area (Å²) in [6.07, 6.45) is 6.71. The average Bonchev–Trinajstić information content (AvgIpc) is 1.57. The number of alkyl halides is 3. The number of nitrogens with zero attached hydrogens (tertiary/aromatic N) is 11. The van der Waals surface area contributed by atoms with Crippen molar-refractivity contribution in [3.63, 3.8) is 0 Å². The zero-order valence-corrected chi connectivity index (χ0v) is 73.4. The molecule has 0 bridgehead atoms. The molecule has 0 unspecified atom stereocenters. The molecule has 7 N–H and O–H groups in total. The standard InChI is InChI=1S/C26H25FN4O3.C25H23FN4O2.C23H25F3N4O3.C23H25N5O2.CH4/c1-26(2)11-14-7-21-25(34)31(6-5-30(21)22(14)12-26)20-9-15(27)8-17(19(20)13-32)16-3-4-28-24-18(16)10-23(33)29-24;1-25(2)12-15-9-20-24(32)29(5-6-30(20)21(15)13-25)17-8-14(7-16(26)10-17)18-3-4-27-23-19(18)11-22(31)28-23;1-22(2,3)33-15-11-30(12-15)21(32)28-10-14-5-4-13(8-18(14)23(24,25)26)16-6-7-27-20-17(16)9-19(31)29-20;1-13-10-15(17-8-9-24-19-18(17)11-14(2)26-19)6-7-16(13)12-25-20(29)21-27-22(28-30-21)23(3,4)5;/h3-4,7-9,32H,5-6,10-13H2,1-2H3,(H,28,29,33);3-4,7-10H,5-6,11-13H2,1-2H3,(H,27,28,31);4-8,15H,9-12H2,1-3H3,(H,28,32)(H,27,29,31);6-10H,2,11-12H2,1,3-5H3,(H,24,26)(H,25,29);1H4. The maximum atomic E-state index is 14.9. The summed E-state index contributed by atoms with van der Waals surface area (Å²) in [6.45, 7) is 29.4. The molecule has 0 atom stereocenters. The highest BCUT2D eigenvalue weighted by Crippen LogP contribution is 2.46. The molecule has 130 heavy (non-hydrogen) atoms. The summed E-state index contributed by atoms with van der Waals surface area (Å²) in [5.74, 6) is 0.541. The van der Waals surface area contributed by atoms with Gasteiger partial charge in [-0.15, -0.1) is 0 Å². The minimum Gasteiger partial charge on any atom is -0.392 e. The minimum atomic E-state index is -4.61. The van der Waals surface area contributed by atoms with E-state index in [-0.39, 0.29) is 115 Å². The van der Waals surface area contributed by atoms with E-state index in [2.05, 4.69) is 118 Å². The summed E-state index contributed by atoms with van der Waals surface area (Å²) in [7, 11) is 0. The number of nitrogens with one attached hydrogen (secondary N) is 6. The molecular formula is C98H102F5N17O10. The molecule has 11 aromatic rings. The normalized spacial score (nSPS) is 16.4. The number of aryl methyl sites for hydroxylation is 1. The number of aliphatic hydroxyl groups excluding tert-OH is 1. The van der Waals surface area contributed by atoms with Crippen LogP contribution in [0.25, 0.3) is 44.5 Å². The van der Waals surface area contributed by atoms with Gasteiger partial charge in [0.05, 0.1) is 61.9 Å². The number of aromatic nitrogens is 8. The largest absolute Gasteiger partial charge is 0.416 e. The molecule has 674 valence electrons. The Morgan fingerprint density at radius 2 is 1.06 bits per heavy atom. The van der Waals surface area contributed by atoms with Gasteiger partial charge in [0.15, 0.2) is 5.82 Å². The van der Waals surface area contributed by atoms with E-state index in [1.807, 2.05) is 78.8 Å². The van der Waals surface area contributed by atoms with E-state index in [0.717, 1.165) is 88.6 Å². The lowest BCUT2D eigenvalue weighted by Gasteiger charge is -2.41. The molecule has 2 aliphatic carbocycles. The fourth-order valence-corrected chi connectivity index (χ4v) is 18.6. The Kier molecular flexibility index (Phi) is 23.8. The lowest BCUT2D eigenvalue weighted by atomic mass is 9.90. The van der Waals surface area contributed by atoms with Gasteiger partial charge in [-0.1, -0.05) is 98.0 Å². The molecule has 1 saturated heterocycles. The van der Waals surface area contributed by atoms with Crippen molar-refractivity contribution in [2.45, 2.75) is 191 Å². The summed E-state index contributed by atoms with van der Waals surface area (Å²) in [6, 6.07) is 28.2. The smallest absolute Gasteiger partial charge is 0.392 e. The molecule has 8 amide bonds. The second-order valence-corrected chi connectivity index (χ2v) is 37.7. The van der Waals surface area contributed by atoms with Gasteiger partial charge in [0.25, 0.3) is 11.8 Å². The number of amides is 8. The van der Waals surface area contributed by atoms with Crippen molar-refractivity contribution in [2.24, 2.45) is 10.8 Å². The van der Waals surface area contributed by atoms with Crippen LogP contribution in [0.4, 0.5) is 61.4 Å². The van der Waals surface area contributed by atoms with Crippen molar-refractivity contribution in [1.82, 2.24) is 54.7 Å². The van der Waals surface area contributed by atoms with E-state index in [1.165, 1.54) is 63.9 Å². The molecule has 32 heteroatoms. The molecule has 7 aliphatic heterocycles. The Labute approximate surface area is 748 Å². The Bertz CT molecular complexity index is 6480. The molecule has 1 fully saturated rings. The lowest BCUT2D eigenvalue weighted by molar-refractivity contribution is -0.138. The van der Waals surface area contributed by atoms with E-state index in [0.29, 0.717) is 136 Å². The van der Waals surface area contributed by atoms with Gasteiger partial charge < -0.3 is 70.1 Å². The quantitative estimate of drug-likeness (QED) is 0.0527. The van der Waals surface area contributed by atoms with Crippen molar-refractivity contribution in [3.05, 3.63) is 248 Å². The van der Waals surface area contributed by atoms with Gasteiger partial charge >= 0.3 is 24.0 Å². The summed E-state index contributed by atoms with van der Waals surface area (Å²) < 4.78 is 86.3. The summed E-state index contributed by atoms with van der Waals surface area (Å²) >= 11 is 0. The summed E-state index contributed by atoms with van der Waals surface area (Å²) in [5.41, 5.74) is 18.3. The number of urea groups is 1. The highest BCUT2D eigenvalue weighted by Gasteiger charge is 2.42. The molecule has 0 saturated carbocycles. The molecule has 7 aromatic heterocycles. The van der Waals surface area contributed by atoms with Crippen LogP contribution in [0.15, 0.2) is 145 Å². The third-order valence-electron chi connectivity index (χ3n) is 24.6. The molecule has 4 aromatic carbocycles. The van der Waals surface area contributed by atoms with Crippen LogP contribution in [0.3, 0.4) is 0 Å². The molecule has 0 spiro atoms. The van der Waals surface area contributed by atoms with Gasteiger partial charge in [0.1, 0.15) is 46.3 Å². The van der Waals surface area contributed by atoms with Crippen molar-refractivity contribution in [1.29, 1.82) is 0 Å². The van der Waals surface area contributed by atoms with Crippen LogP contribution in [-0.4, -0.2) is 129 Å². The number of ether oxygens (including phenoxy) is 1. The Morgan fingerprint density at radius 1 is 0.569 bits per heavy atom. The number of anilines is 6.